The molecule has 98 valence electrons. The molecule has 0 aromatic carbocycles. The number of aromatic nitrogens is 3. The summed E-state index contributed by atoms with van der Waals surface area (Å²) < 4.78 is 5.71. The number of hydrogen-bond donors (Lipinski definition) is 1. The summed E-state index contributed by atoms with van der Waals surface area (Å²) in [4.78, 5) is 13.2. The molecule has 1 saturated heterocycles. The van der Waals surface area contributed by atoms with Gasteiger partial charge >= 0.3 is 0 Å². The van der Waals surface area contributed by atoms with Crippen LogP contribution in [0.15, 0.2) is 30.6 Å². The molecular formula is C14H16N4O. The average Bonchev–Trinajstić information content (AvgIpc) is 2.48. The van der Waals surface area contributed by atoms with Gasteiger partial charge in [0, 0.05) is 36.7 Å². The lowest BCUT2D eigenvalue weighted by molar-refractivity contribution is 0.0221. The number of pyridine rings is 1. The van der Waals surface area contributed by atoms with Crippen LogP contribution in [0.25, 0.3) is 11.3 Å². The predicted molar refractivity (Wildman–Crippen MR) is 71.6 cm³/mol. The van der Waals surface area contributed by atoms with Crippen LogP contribution in [-0.2, 0) is 4.74 Å². The third-order valence-electron chi connectivity index (χ3n) is 3.04. The minimum atomic E-state index is -0.0657. The highest BCUT2D eigenvalue weighted by atomic mass is 16.5. The molecule has 0 bridgehead atoms. The van der Waals surface area contributed by atoms with Crippen LogP contribution < -0.4 is 5.32 Å². The van der Waals surface area contributed by atoms with E-state index in [1.807, 2.05) is 31.3 Å². The third kappa shape index (κ3) is 2.77. The minimum absolute atomic E-state index is 0.0657. The summed E-state index contributed by atoms with van der Waals surface area (Å²) >= 11 is 0. The fourth-order valence-electron chi connectivity index (χ4n) is 2.13. The SMILES string of the molecule is Cc1cc(-c2cccnc2)nc(C2CNCCO2)n1. The van der Waals surface area contributed by atoms with Crippen molar-refractivity contribution in [3.63, 3.8) is 0 Å². The molecule has 1 fully saturated rings. The Morgan fingerprint density at radius 2 is 2.32 bits per heavy atom. The lowest BCUT2D eigenvalue weighted by Gasteiger charge is -2.22. The van der Waals surface area contributed by atoms with Gasteiger partial charge in [0.2, 0.25) is 0 Å². The summed E-state index contributed by atoms with van der Waals surface area (Å²) in [5.41, 5.74) is 2.83. The number of nitrogens with zero attached hydrogens (tertiary/aromatic N) is 3. The van der Waals surface area contributed by atoms with Crippen LogP contribution in [0.1, 0.15) is 17.6 Å². The molecule has 3 rings (SSSR count). The van der Waals surface area contributed by atoms with Crippen molar-refractivity contribution in [3.05, 3.63) is 42.1 Å². The molecule has 0 radical (unpaired) electrons. The second-order valence-electron chi connectivity index (χ2n) is 4.56. The van der Waals surface area contributed by atoms with Gasteiger partial charge in [0.1, 0.15) is 6.10 Å². The minimum Gasteiger partial charge on any atom is -0.368 e. The molecule has 1 atom stereocenters. The van der Waals surface area contributed by atoms with E-state index in [-0.39, 0.29) is 6.10 Å². The Morgan fingerprint density at radius 3 is 3.05 bits per heavy atom. The largest absolute Gasteiger partial charge is 0.368 e. The van der Waals surface area contributed by atoms with Gasteiger partial charge in [-0.2, -0.15) is 0 Å². The lowest BCUT2D eigenvalue weighted by Crippen LogP contribution is -2.34. The van der Waals surface area contributed by atoms with Gasteiger partial charge in [0.25, 0.3) is 0 Å². The fraction of sp³-hybridized carbons (Fsp3) is 0.357. The first kappa shape index (κ1) is 12.2. The normalized spacial score (nSPS) is 19.3. The molecule has 1 N–H and O–H groups in total. The van der Waals surface area contributed by atoms with E-state index in [9.17, 15) is 0 Å². The predicted octanol–water partition coefficient (Wildman–Crippen LogP) is 1.51. The smallest absolute Gasteiger partial charge is 0.159 e. The highest BCUT2D eigenvalue weighted by Gasteiger charge is 2.19. The Hall–Kier alpha value is -1.85. The van der Waals surface area contributed by atoms with Gasteiger partial charge < -0.3 is 10.1 Å². The monoisotopic (exact) mass is 256 g/mol. The van der Waals surface area contributed by atoms with Crippen molar-refractivity contribution in [1.82, 2.24) is 20.3 Å². The van der Waals surface area contributed by atoms with Gasteiger partial charge in [0.05, 0.1) is 12.3 Å². The van der Waals surface area contributed by atoms with E-state index in [1.165, 1.54) is 0 Å². The Balaban J connectivity index is 1.96. The summed E-state index contributed by atoms with van der Waals surface area (Å²) in [6, 6.07) is 5.88. The van der Waals surface area contributed by atoms with Crippen molar-refractivity contribution in [1.29, 1.82) is 0 Å². The van der Waals surface area contributed by atoms with Crippen molar-refractivity contribution in [2.24, 2.45) is 0 Å². The zero-order valence-electron chi connectivity index (χ0n) is 10.8. The average molecular weight is 256 g/mol. The van der Waals surface area contributed by atoms with Gasteiger partial charge in [-0.1, -0.05) is 0 Å². The molecule has 3 heterocycles. The van der Waals surface area contributed by atoms with Gasteiger partial charge in [-0.15, -0.1) is 0 Å². The van der Waals surface area contributed by atoms with Crippen molar-refractivity contribution in [2.45, 2.75) is 13.0 Å². The lowest BCUT2D eigenvalue weighted by atomic mass is 10.1. The van der Waals surface area contributed by atoms with Gasteiger partial charge in [-0.25, -0.2) is 9.97 Å². The summed E-state index contributed by atoms with van der Waals surface area (Å²) in [6.45, 7) is 4.32. The Bertz CT molecular complexity index is 553. The van der Waals surface area contributed by atoms with Crippen LogP contribution in [-0.4, -0.2) is 34.6 Å². The number of hydrogen-bond acceptors (Lipinski definition) is 5. The first-order valence-corrected chi connectivity index (χ1v) is 6.41. The first-order chi connectivity index (χ1) is 9.33. The molecule has 19 heavy (non-hydrogen) atoms. The molecule has 1 unspecified atom stereocenters. The molecule has 2 aromatic rings. The van der Waals surface area contributed by atoms with Crippen molar-refractivity contribution < 1.29 is 4.74 Å². The molecule has 0 saturated carbocycles. The zero-order chi connectivity index (χ0) is 13.1. The number of morpholine rings is 1. The molecule has 1 aliphatic heterocycles. The number of ether oxygens (including phenoxy) is 1. The zero-order valence-corrected chi connectivity index (χ0v) is 10.8. The maximum Gasteiger partial charge on any atom is 0.159 e. The summed E-state index contributed by atoms with van der Waals surface area (Å²) in [5.74, 6) is 0.742. The molecule has 0 spiro atoms. The number of rotatable bonds is 2. The Labute approximate surface area is 112 Å². The molecule has 5 heteroatoms. The maximum absolute atomic E-state index is 5.71. The number of aryl methyl sites for hydroxylation is 1. The standard InChI is InChI=1S/C14H16N4O/c1-10-7-12(11-3-2-4-15-8-11)18-14(17-10)13-9-16-5-6-19-13/h2-4,7-8,13,16H,5-6,9H2,1H3. The molecular weight excluding hydrogens is 240 g/mol. The molecule has 2 aromatic heterocycles. The van der Waals surface area contributed by atoms with Crippen LogP contribution in [0.3, 0.4) is 0 Å². The van der Waals surface area contributed by atoms with Crippen molar-refractivity contribution in [3.8, 4) is 11.3 Å². The summed E-state index contributed by atoms with van der Waals surface area (Å²) in [5, 5.41) is 3.29. The second-order valence-corrected chi connectivity index (χ2v) is 4.56. The van der Waals surface area contributed by atoms with E-state index in [2.05, 4.69) is 20.3 Å². The highest BCUT2D eigenvalue weighted by Crippen LogP contribution is 2.21. The van der Waals surface area contributed by atoms with E-state index < -0.39 is 0 Å². The van der Waals surface area contributed by atoms with Crippen LogP contribution in [0, 0.1) is 6.92 Å². The molecule has 0 aliphatic carbocycles. The van der Waals surface area contributed by atoms with Crippen molar-refractivity contribution in [2.75, 3.05) is 19.7 Å². The number of nitrogens with one attached hydrogen (secondary N) is 1. The van der Waals surface area contributed by atoms with Crippen LogP contribution in [0.5, 0.6) is 0 Å². The van der Waals surface area contributed by atoms with Gasteiger partial charge in [-0.3, -0.25) is 4.98 Å². The second kappa shape index (κ2) is 5.42. The quantitative estimate of drug-likeness (QED) is 0.882. The van der Waals surface area contributed by atoms with Crippen LogP contribution >= 0.6 is 0 Å². The summed E-state index contributed by atoms with van der Waals surface area (Å²) in [7, 11) is 0. The molecule has 0 amide bonds. The van der Waals surface area contributed by atoms with E-state index in [0.717, 1.165) is 35.9 Å². The van der Waals surface area contributed by atoms with Crippen LogP contribution in [0.2, 0.25) is 0 Å². The van der Waals surface area contributed by atoms with E-state index in [4.69, 9.17) is 4.74 Å². The third-order valence-corrected chi connectivity index (χ3v) is 3.04. The van der Waals surface area contributed by atoms with Gasteiger partial charge in [0.15, 0.2) is 5.82 Å². The van der Waals surface area contributed by atoms with Gasteiger partial charge in [-0.05, 0) is 25.1 Å². The first-order valence-electron chi connectivity index (χ1n) is 6.41. The fourth-order valence-corrected chi connectivity index (χ4v) is 2.13. The Morgan fingerprint density at radius 1 is 1.37 bits per heavy atom. The Kier molecular flexibility index (Phi) is 3.48. The van der Waals surface area contributed by atoms with E-state index in [1.54, 1.807) is 6.20 Å². The van der Waals surface area contributed by atoms with E-state index >= 15 is 0 Å². The van der Waals surface area contributed by atoms with Crippen LogP contribution in [0.4, 0.5) is 0 Å². The maximum atomic E-state index is 5.71. The summed E-state index contributed by atoms with van der Waals surface area (Å²) in [6.07, 6.45) is 3.50. The molecule has 1 aliphatic rings. The topological polar surface area (TPSA) is 59.9 Å². The highest BCUT2D eigenvalue weighted by molar-refractivity contribution is 5.57. The van der Waals surface area contributed by atoms with Crippen molar-refractivity contribution >= 4 is 0 Å². The molecule has 5 nitrogen and oxygen atoms in total. The van der Waals surface area contributed by atoms with E-state index in [0.29, 0.717) is 6.61 Å².